The van der Waals surface area contributed by atoms with E-state index in [4.69, 9.17) is 6.57 Å². The number of amidine groups is 1. The van der Waals surface area contributed by atoms with Crippen molar-refractivity contribution < 1.29 is 0 Å². The van der Waals surface area contributed by atoms with Crippen LogP contribution in [0, 0.1) is 6.57 Å². The summed E-state index contributed by atoms with van der Waals surface area (Å²) in [7, 11) is 0. The number of imidazole rings is 1. The first-order valence-electron chi connectivity index (χ1n) is 4.30. The van der Waals surface area contributed by atoms with Crippen molar-refractivity contribution >= 4 is 16.9 Å². The van der Waals surface area contributed by atoms with E-state index in [9.17, 15) is 0 Å². The van der Waals surface area contributed by atoms with Crippen molar-refractivity contribution in [3.8, 4) is 0 Å². The zero-order valence-corrected chi connectivity index (χ0v) is 7.31. The standard InChI is InChI=1S/C10H6N4/c1-11-9-6-10-12-7-4-2-3-5-8(7)14(10)13-9/h2-5H,6H2. The monoisotopic (exact) mass is 182 g/mol. The van der Waals surface area contributed by atoms with E-state index in [2.05, 4.69) is 14.9 Å². The minimum absolute atomic E-state index is 0.512. The normalized spacial score (nSPS) is 13.8. The molecule has 0 spiro atoms. The van der Waals surface area contributed by atoms with Crippen molar-refractivity contribution in [1.29, 1.82) is 0 Å². The van der Waals surface area contributed by atoms with Gasteiger partial charge < -0.3 is 4.85 Å². The summed E-state index contributed by atoms with van der Waals surface area (Å²) in [6.07, 6.45) is 0.554. The summed E-state index contributed by atoms with van der Waals surface area (Å²) in [5.74, 6) is 1.37. The largest absolute Gasteiger partial charge is 0.362 e. The van der Waals surface area contributed by atoms with Crippen molar-refractivity contribution in [2.45, 2.75) is 6.42 Å². The Kier molecular flexibility index (Phi) is 1.26. The van der Waals surface area contributed by atoms with Gasteiger partial charge in [0.05, 0.1) is 11.9 Å². The maximum absolute atomic E-state index is 6.88. The quantitative estimate of drug-likeness (QED) is 0.571. The maximum Gasteiger partial charge on any atom is 0.278 e. The third-order valence-corrected chi connectivity index (χ3v) is 2.26. The van der Waals surface area contributed by atoms with Crippen LogP contribution in [-0.4, -0.2) is 15.5 Å². The highest BCUT2D eigenvalue weighted by Crippen LogP contribution is 2.20. The van der Waals surface area contributed by atoms with E-state index in [-0.39, 0.29) is 0 Å². The molecule has 1 aliphatic heterocycles. The van der Waals surface area contributed by atoms with Crippen LogP contribution in [0.1, 0.15) is 5.82 Å². The maximum atomic E-state index is 6.88. The third-order valence-electron chi connectivity index (χ3n) is 2.26. The first-order chi connectivity index (χ1) is 6.88. The lowest BCUT2D eigenvalue weighted by molar-refractivity contribution is 0.888. The van der Waals surface area contributed by atoms with Crippen LogP contribution in [0.4, 0.5) is 0 Å². The summed E-state index contributed by atoms with van der Waals surface area (Å²) >= 11 is 0. The number of fused-ring (bicyclic) bond motifs is 3. The SMILES string of the molecule is [C-]#[N+]C1=Nn2c(nc3ccccc32)C1. The molecule has 2 aromatic rings. The molecule has 3 rings (SSSR count). The summed E-state index contributed by atoms with van der Waals surface area (Å²) in [5.41, 5.74) is 1.91. The molecule has 4 heteroatoms. The van der Waals surface area contributed by atoms with Gasteiger partial charge in [-0.1, -0.05) is 18.7 Å². The van der Waals surface area contributed by atoms with Gasteiger partial charge in [0.1, 0.15) is 11.3 Å². The van der Waals surface area contributed by atoms with E-state index in [1.165, 1.54) is 0 Å². The smallest absolute Gasteiger partial charge is 0.278 e. The highest BCUT2D eigenvalue weighted by atomic mass is 15.4. The summed E-state index contributed by atoms with van der Waals surface area (Å²) in [5, 5.41) is 4.17. The zero-order chi connectivity index (χ0) is 9.54. The van der Waals surface area contributed by atoms with E-state index in [0.29, 0.717) is 12.3 Å². The van der Waals surface area contributed by atoms with Gasteiger partial charge in [0.2, 0.25) is 0 Å². The molecular formula is C10H6N4. The molecule has 0 radical (unpaired) electrons. The van der Waals surface area contributed by atoms with Gasteiger partial charge in [-0.15, -0.1) is 4.68 Å². The Labute approximate surface area is 80.3 Å². The Bertz CT molecular complexity index is 586. The van der Waals surface area contributed by atoms with Gasteiger partial charge in [0, 0.05) is 0 Å². The lowest BCUT2D eigenvalue weighted by Gasteiger charge is -1.87. The molecule has 14 heavy (non-hydrogen) atoms. The third kappa shape index (κ3) is 0.811. The van der Waals surface area contributed by atoms with Gasteiger partial charge in [-0.3, -0.25) is 0 Å². The van der Waals surface area contributed by atoms with E-state index in [1.54, 1.807) is 4.68 Å². The van der Waals surface area contributed by atoms with Crippen LogP contribution in [0.5, 0.6) is 0 Å². The predicted octanol–water partition coefficient (Wildman–Crippen LogP) is 1.67. The summed E-state index contributed by atoms with van der Waals surface area (Å²) in [6.45, 7) is 6.88. The fourth-order valence-electron chi connectivity index (χ4n) is 1.64. The van der Waals surface area contributed by atoms with Crippen LogP contribution < -0.4 is 0 Å². The minimum Gasteiger partial charge on any atom is -0.362 e. The predicted molar refractivity (Wildman–Crippen MR) is 52.9 cm³/mol. The van der Waals surface area contributed by atoms with Crippen molar-refractivity contribution in [1.82, 2.24) is 9.66 Å². The van der Waals surface area contributed by atoms with E-state index in [0.717, 1.165) is 16.9 Å². The second-order valence-corrected chi connectivity index (χ2v) is 3.13. The van der Waals surface area contributed by atoms with E-state index in [1.807, 2.05) is 24.3 Å². The molecule has 0 fully saturated rings. The molecule has 66 valence electrons. The Hall–Kier alpha value is -2.15. The van der Waals surface area contributed by atoms with Crippen LogP contribution in [-0.2, 0) is 6.42 Å². The topological polar surface area (TPSA) is 34.5 Å². The molecule has 0 bridgehead atoms. The molecule has 1 aromatic heterocycles. The minimum atomic E-state index is 0.512. The van der Waals surface area contributed by atoms with Crippen LogP contribution in [0.15, 0.2) is 29.4 Å². The molecule has 4 nitrogen and oxygen atoms in total. The highest BCUT2D eigenvalue weighted by molar-refractivity contribution is 5.95. The molecule has 0 atom stereocenters. The number of para-hydroxylation sites is 2. The molecule has 2 heterocycles. The van der Waals surface area contributed by atoms with Gasteiger partial charge in [-0.2, -0.15) is 0 Å². The van der Waals surface area contributed by atoms with Crippen molar-refractivity contribution in [2.75, 3.05) is 0 Å². The second kappa shape index (κ2) is 2.42. The van der Waals surface area contributed by atoms with Crippen LogP contribution in [0.3, 0.4) is 0 Å². The van der Waals surface area contributed by atoms with Crippen LogP contribution >= 0.6 is 0 Å². The second-order valence-electron chi connectivity index (χ2n) is 3.13. The fourth-order valence-corrected chi connectivity index (χ4v) is 1.64. The number of hydrogen-bond acceptors (Lipinski definition) is 2. The number of rotatable bonds is 0. The number of hydrogen-bond donors (Lipinski definition) is 0. The van der Waals surface area contributed by atoms with Gasteiger partial charge in [0.25, 0.3) is 5.84 Å². The Balaban J connectivity index is 2.34. The molecule has 0 saturated carbocycles. The van der Waals surface area contributed by atoms with Gasteiger partial charge in [-0.05, 0) is 17.2 Å². The molecule has 0 saturated heterocycles. The van der Waals surface area contributed by atoms with Crippen molar-refractivity contribution in [3.05, 3.63) is 41.5 Å². The molecule has 1 aromatic carbocycles. The number of benzene rings is 1. The molecule has 0 aliphatic carbocycles. The number of aromatic nitrogens is 2. The molecule has 0 amide bonds. The molecule has 1 aliphatic rings. The highest BCUT2D eigenvalue weighted by Gasteiger charge is 2.21. The van der Waals surface area contributed by atoms with Crippen molar-refractivity contribution in [2.24, 2.45) is 5.10 Å². The Morgan fingerprint density at radius 2 is 2.21 bits per heavy atom. The zero-order valence-electron chi connectivity index (χ0n) is 7.31. The summed E-state index contributed by atoms with van der Waals surface area (Å²) < 4.78 is 1.75. The first-order valence-corrected chi connectivity index (χ1v) is 4.30. The average Bonchev–Trinajstić information content (AvgIpc) is 2.73. The van der Waals surface area contributed by atoms with E-state index < -0.39 is 0 Å². The Morgan fingerprint density at radius 1 is 1.36 bits per heavy atom. The summed E-state index contributed by atoms with van der Waals surface area (Å²) in [6, 6.07) is 7.81. The van der Waals surface area contributed by atoms with Crippen LogP contribution in [0.2, 0.25) is 0 Å². The van der Waals surface area contributed by atoms with E-state index >= 15 is 0 Å². The molecule has 0 unspecified atom stereocenters. The molecule has 0 N–H and O–H groups in total. The molecular weight excluding hydrogens is 176 g/mol. The average molecular weight is 182 g/mol. The summed E-state index contributed by atoms with van der Waals surface area (Å²) in [4.78, 5) is 7.72. The van der Waals surface area contributed by atoms with Crippen molar-refractivity contribution in [3.63, 3.8) is 0 Å². The van der Waals surface area contributed by atoms with Gasteiger partial charge >= 0.3 is 0 Å². The fraction of sp³-hybridized carbons (Fsp3) is 0.100. The lowest BCUT2D eigenvalue weighted by Crippen LogP contribution is -1.90. The van der Waals surface area contributed by atoms with Gasteiger partial charge in [-0.25, -0.2) is 4.98 Å². The van der Waals surface area contributed by atoms with Crippen LogP contribution in [0.25, 0.3) is 15.9 Å². The number of nitrogens with zero attached hydrogens (tertiary/aromatic N) is 4. The first kappa shape index (κ1) is 7.27. The lowest BCUT2D eigenvalue weighted by atomic mass is 10.3. The Morgan fingerprint density at radius 3 is 3.07 bits per heavy atom. The van der Waals surface area contributed by atoms with Gasteiger partial charge in [0.15, 0.2) is 0 Å².